The highest BCUT2D eigenvalue weighted by atomic mass is 35.5. The van der Waals surface area contributed by atoms with Gasteiger partial charge in [0.1, 0.15) is 0 Å². The van der Waals surface area contributed by atoms with Crippen molar-refractivity contribution in [3.05, 3.63) is 45.7 Å². The van der Waals surface area contributed by atoms with Gasteiger partial charge >= 0.3 is 6.03 Å². The van der Waals surface area contributed by atoms with E-state index in [1.165, 1.54) is 0 Å². The summed E-state index contributed by atoms with van der Waals surface area (Å²) < 4.78 is 0. The minimum absolute atomic E-state index is 0.176. The number of amides is 3. The highest BCUT2D eigenvalue weighted by molar-refractivity contribution is 6.42. The SMILES string of the molecule is Cc1cc(C)nc(NC(=NCCCN2CCCC2=O)NC(=O)Nc2ccc(Cl)c(Cl)c2)n1. The van der Waals surface area contributed by atoms with Gasteiger partial charge in [-0.1, -0.05) is 23.2 Å². The molecule has 1 aromatic carbocycles. The van der Waals surface area contributed by atoms with Crippen LogP contribution in [-0.4, -0.2) is 52.4 Å². The van der Waals surface area contributed by atoms with E-state index >= 15 is 0 Å². The first kappa shape index (κ1) is 23.7. The molecule has 11 heteroatoms. The summed E-state index contributed by atoms with van der Waals surface area (Å²) in [7, 11) is 0. The summed E-state index contributed by atoms with van der Waals surface area (Å²) in [6.07, 6.45) is 2.17. The molecule has 0 radical (unpaired) electrons. The van der Waals surface area contributed by atoms with E-state index in [0.717, 1.165) is 24.4 Å². The molecule has 170 valence electrons. The highest BCUT2D eigenvalue weighted by Crippen LogP contribution is 2.24. The van der Waals surface area contributed by atoms with Crippen LogP contribution in [-0.2, 0) is 4.79 Å². The lowest BCUT2D eigenvalue weighted by molar-refractivity contribution is -0.127. The van der Waals surface area contributed by atoms with Gasteiger partial charge in [0, 0.05) is 43.1 Å². The lowest BCUT2D eigenvalue weighted by Crippen LogP contribution is -2.39. The summed E-state index contributed by atoms with van der Waals surface area (Å²) in [5.41, 5.74) is 2.05. The van der Waals surface area contributed by atoms with Crippen molar-refractivity contribution in [1.82, 2.24) is 20.2 Å². The van der Waals surface area contributed by atoms with Gasteiger partial charge in [0.05, 0.1) is 10.0 Å². The van der Waals surface area contributed by atoms with Gasteiger partial charge < -0.3 is 10.2 Å². The predicted molar refractivity (Wildman–Crippen MR) is 126 cm³/mol. The van der Waals surface area contributed by atoms with Crippen molar-refractivity contribution in [3.8, 4) is 0 Å². The number of aromatic nitrogens is 2. The van der Waals surface area contributed by atoms with Crippen molar-refractivity contribution in [2.45, 2.75) is 33.1 Å². The number of anilines is 2. The highest BCUT2D eigenvalue weighted by Gasteiger charge is 2.19. The molecule has 9 nitrogen and oxygen atoms in total. The van der Waals surface area contributed by atoms with E-state index < -0.39 is 6.03 Å². The van der Waals surface area contributed by atoms with E-state index in [-0.39, 0.29) is 11.9 Å². The Morgan fingerprint density at radius 1 is 1.12 bits per heavy atom. The third kappa shape index (κ3) is 7.06. The Balaban J connectivity index is 1.66. The van der Waals surface area contributed by atoms with Crippen LogP contribution in [0.3, 0.4) is 0 Å². The maximum Gasteiger partial charge on any atom is 0.326 e. The second kappa shape index (κ2) is 11.1. The summed E-state index contributed by atoms with van der Waals surface area (Å²) in [6.45, 7) is 5.53. The standard InChI is InChI=1S/C21H25Cl2N7O2/c1-13-11-14(2)26-20(25-13)28-19(24-8-4-10-30-9-3-5-18(30)31)29-21(32)27-15-6-7-16(22)17(23)12-15/h6-7,11-12H,3-5,8-10H2,1-2H3,(H3,24,25,26,27,28,29,32). The minimum atomic E-state index is -0.520. The molecule has 1 fully saturated rings. The lowest BCUT2D eigenvalue weighted by Gasteiger charge is -2.15. The number of rotatable bonds is 6. The first-order chi connectivity index (χ1) is 15.3. The van der Waals surface area contributed by atoms with Gasteiger partial charge in [0.15, 0.2) is 0 Å². The number of benzene rings is 1. The van der Waals surface area contributed by atoms with Gasteiger partial charge in [-0.15, -0.1) is 0 Å². The number of aryl methyl sites for hydroxylation is 2. The molecule has 2 aromatic rings. The number of urea groups is 1. The summed E-state index contributed by atoms with van der Waals surface area (Å²) in [5, 5.41) is 9.05. The number of guanidine groups is 1. The van der Waals surface area contributed by atoms with Gasteiger partial charge in [-0.3, -0.25) is 20.4 Å². The third-order valence-corrected chi connectivity index (χ3v) is 5.39. The van der Waals surface area contributed by atoms with E-state index in [9.17, 15) is 9.59 Å². The average molecular weight is 478 g/mol. The fourth-order valence-corrected chi connectivity index (χ4v) is 3.53. The van der Waals surface area contributed by atoms with Crippen LogP contribution in [0.25, 0.3) is 0 Å². The zero-order valence-electron chi connectivity index (χ0n) is 17.9. The Morgan fingerprint density at radius 2 is 1.88 bits per heavy atom. The molecule has 0 aliphatic carbocycles. The van der Waals surface area contributed by atoms with E-state index in [0.29, 0.717) is 47.6 Å². The quantitative estimate of drug-likeness (QED) is 0.330. The van der Waals surface area contributed by atoms with Crippen LogP contribution in [0.5, 0.6) is 0 Å². The normalized spacial score (nSPS) is 13.9. The summed E-state index contributed by atoms with van der Waals surface area (Å²) in [5.74, 6) is 0.696. The molecule has 3 N–H and O–H groups in total. The van der Waals surface area contributed by atoms with Crippen LogP contribution in [0.15, 0.2) is 29.3 Å². The van der Waals surface area contributed by atoms with Gasteiger partial charge in [0.2, 0.25) is 17.8 Å². The van der Waals surface area contributed by atoms with Crippen molar-refractivity contribution >= 4 is 52.7 Å². The van der Waals surface area contributed by atoms with Crippen LogP contribution in [0, 0.1) is 13.8 Å². The zero-order chi connectivity index (χ0) is 23.1. The summed E-state index contributed by atoms with van der Waals surface area (Å²) in [6, 6.07) is 6.11. The molecule has 0 bridgehead atoms. The number of halogens is 2. The molecule has 0 atom stereocenters. The molecule has 1 aliphatic rings. The fourth-order valence-electron chi connectivity index (χ4n) is 3.23. The molecular formula is C21H25Cl2N7O2. The molecular weight excluding hydrogens is 453 g/mol. The Hall–Kier alpha value is -2.91. The summed E-state index contributed by atoms with van der Waals surface area (Å²) in [4.78, 5) is 39.2. The van der Waals surface area contributed by atoms with Crippen molar-refractivity contribution < 1.29 is 9.59 Å². The molecule has 1 saturated heterocycles. The van der Waals surface area contributed by atoms with Crippen LogP contribution < -0.4 is 16.0 Å². The molecule has 0 spiro atoms. The Labute approximate surface area is 196 Å². The number of nitrogens with one attached hydrogen (secondary N) is 3. The molecule has 2 heterocycles. The number of nitrogens with zero attached hydrogens (tertiary/aromatic N) is 4. The second-order valence-corrected chi connectivity index (χ2v) is 8.19. The smallest absolute Gasteiger partial charge is 0.326 e. The maximum atomic E-state index is 12.5. The predicted octanol–water partition coefficient (Wildman–Crippen LogP) is 4.00. The molecule has 32 heavy (non-hydrogen) atoms. The van der Waals surface area contributed by atoms with Crippen molar-refractivity contribution in [2.75, 3.05) is 30.3 Å². The molecule has 3 rings (SSSR count). The summed E-state index contributed by atoms with van der Waals surface area (Å²) >= 11 is 11.9. The van der Waals surface area contributed by atoms with E-state index in [1.54, 1.807) is 18.2 Å². The first-order valence-corrected chi connectivity index (χ1v) is 11.0. The van der Waals surface area contributed by atoms with Gasteiger partial charge in [-0.25, -0.2) is 14.8 Å². The third-order valence-electron chi connectivity index (χ3n) is 4.65. The number of hydrogen-bond acceptors (Lipinski definition) is 5. The number of aliphatic imine (C=N–C) groups is 1. The van der Waals surface area contributed by atoms with E-state index in [2.05, 4.69) is 30.9 Å². The van der Waals surface area contributed by atoms with Gasteiger partial charge in [-0.05, 0) is 51.0 Å². The lowest BCUT2D eigenvalue weighted by atomic mass is 10.3. The molecule has 1 aromatic heterocycles. The number of carbonyl (C=O) groups is 2. The van der Waals surface area contributed by atoms with Crippen LogP contribution in [0.1, 0.15) is 30.7 Å². The van der Waals surface area contributed by atoms with E-state index in [4.69, 9.17) is 23.2 Å². The Morgan fingerprint density at radius 3 is 2.53 bits per heavy atom. The second-order valence-electron chi connectivity index (χ2n) is 7.38. The van der Waals surface area contributed by atoms with E-state index in [1.807, 2.05) is 24.8 Å². The Kier molecular flexibility index (Phi) is 8.24. The number of likely N-dealkylation sites (tertiary alicyclic amines) is 1. The van der Waals surface area contributed by atoms with Crippen molar-refractivity contribution in [3.63, 3.8) is 0 Å². The molecule has 3 amide bonds. The molecule has 0 saturated carbocycles. The van der Waals surface area contributed by atoms with Crippen LogP contribution in [0.2, 0.25) is 10.0 Å². The topological polar surface area (TPSA) is 112 Å². The van der Waals surface area contributed by atoms with Crippen LogP contribution >= 0.6 is 23.2 Å². The zero-order valence-corrected chi connectivity index (χ0v) is 19.4. The average Bonchev–Trinajstić information content (AvgIpc) is 3.12. The molecule has 1 aliphatic heterocycles. The van der Waals surface area contributed by atoms with Gasteiger partial charge in [-0.2, -0.15) is 0 Å². The number of carbonyl (C=O) groups excluding carboxylic acids is 2. The largest absolute Gasteiger partial charge is 0.343 e. The van der Waals surface area contributed by atoms with Crippen molar-refractivity contribution in [2.24, 2.45) is 4.99 Å². The van der Waals surface area contributed by atoms with Crippen LogP contribution in [0.4, 0.5) is 16.4 Å². The monoisotopic (exact) mass is 477 g/mol. The van der Waals surface area contributed by atoms with Crippen molar-refractivity contribution in [1.29, 1.82) is 0 Å². The fraction of sp³-hybridized carbons (Fsp3) is 0.381. The number of hydrogen-bond donors (Lipinski definition) is 3. The maximum absolute atomic E-state index is 12.5. The van der Waals surface area contributed by atoms with Gasteiger partial charge in [0.25, 0.3) is 0 Å². The Bertz CT molecular complexity index is 1010. The first-order valence-electron chi connectivity index (χ1n) is 10.2. The molecule has 0 unspecified atom stereocenters. The minimum Gasteiger partial charge on any atom is -0.343 e.